The zero-order chi connectivity index (χ0) is 13.1. The van der Waals surface area contributed by atoms with Crippen LogP contribution in [0.25, 0.3) is 0 Å². The second-order valence-corrected chi connectivity index (χ2v) is 5.45. The molecule has 0 radical (unpaired) electrons. The maximum Gasteiger partial charge on any atom is 0.0546 e. The van der Waals surface area contributed by atoms with Gasteiger partial charge in [-0.05, 0) is 36.8 Å². The molecule has 3 heteroatoms. The van der Waals surface area contributed by atoms with Crippen molar-refractivity contribution in [3.63, 3.8) is 0 Å². The summed E-state index contributed by atoms with van der Waals surface area (Å²) in [6.07, 6.45) is 2.75. The van der Waals surface area contributed by atoms with Crippen molar-refractivity contribution in [2.45, 2.75) is 38.3 Å². The maximum atomic E-state index is 9.34. The number of benzene rings is 1. The summed E-state index contributed by atoms with van der Waals surface area (Å²) in [6.45, 7) is 3.12. The average molecular weight is 248 g/mol. The molecule has 3 N–H and O–H groups in total. The lowest BCUT2D eigenvalue weighted by Crippen LogP contribution is -2.37. The minimum Gasteiger partial charge on any atom is -0.393 e. The van der Waals surface area contributed by atoms with Crippen LogP contribution in [-0.4, -0.2) is 24.8 Å². The highest BCUT2D eigenvalue weighted by Crippen LogP contribution is 2.31. The minimum absolute atomic E-state index is 0.0726. The second-order valence-electron chi connectivity index (χ2n) is 5.45. The number of nitrogens with zero attached hydrogens (tertiary/aromatic N) is 1. The molecular formula is C15H24N2O. The van der Waals surface area contributed by atoms with Crippen molar-refractivity contribution >= 4 is 5.69 Å². The smallest absolute Gasteiger partial charge is 0.0546 e. The first-order valence-electron chi connectivity index (χ1n) is 6.85. The maximum absolute atomic E-state index is 9.34. The molecule has 0 amide bonds. The Bertz CT molecular complexity index is 388. The summed E-state index contributed by atoms with van der Waals surface area (Å²) in [5, 5.41) is 9.34. The van der Waals surface area contributed by atoms with Gasteiger partial charge >= 0.3 is 0 Å². The Morgan fingerprint density at radius 1 is 1.39 bits per heavy atom. The molecule has 0 aromatic heterocycles. The summed E-state index contributed by atoms with van der Waals surface area (Å²) in [7, 11) is 2.12. The van der Waals surface area contributed by atoms with Crippen LogP contribution in [-0.2, 0) is 0 Å². The van der Waals surface area contributed by atoms with E-state index in [0.717, 1.165) is 25.8 Å². The van der Waals surface area contributed by atoms with Crippen molar-refractivity contribution in [1.82, 2.24) is 0 Å². The number of hydrogen-bond donors (Lipinski definition) is 2. The van der Waals surface area contributed by atoms with Crippen LogP contribution in [0.1, 0.15) is 37.8 Å². The number of hydrogen-bond acceptors (Lipinski definition) is 3. The molecule has 0 aliphatic heterocycles. The summed E-state index contributed by atoms with van der Waals surface area (Å²) in [4.78, 5) is 2.28. The minimum atomic E-state index is -0.0726. The average Bonchev–Trinajstić information content (AvgIpc) is 2.36. The Hall–Kier alpha value is -1.06. The van der Waals surface area contributed by atoms with Crippen molar-refractivity contribution in [3.05, 3.63) is 29.8 Å². The van der Waals surface area contributed by atoms with Crippen LogP contribution < -0.4 is 10.6 Å². The van der Waals surface area contributed by atoms with E-state index in [1.54, 1.807) is 0 Å². The Morgan fingerprint density at radius 3 is 2.67 bits per heavy atom. The highest BCUT2D eigenvalue weighted by atomic mass is 16.3. The Balaban J connectivity index is 2.06. The van der Waals surface area contributed by atoms with Crippen LogP contribution in [0, 0.1) is 5.92 Å². The van der Waals surface area contributed by atoms with E-state index < -0.39 is 0 Å². The lowest BCUT2D eigenvalue weighted by molar-refractivity contribution is 0.0464. The second kappa shape index (κ2) is 5.72. The molecule has 2 rings (SSSR count). The van der Waals surface area contributed by atoms with Crippen molar-refractivity contribution < 1.29 is 5.11 Å². The SMILES string of the molecule is CCC(N)c1ccccc1N(C)CC1CC(O)C1. The van der Waals surface area contributed by atoms with E-state index >= 15 is 0 Å². The lowest BCUT2D eigenvalue weighted by Gasteiger charge is -2.36. The molecule has 18 heavy (non-hydrogen) atoms. The van der Waals surface area contributed by atoms with Crippen LogP contribution in [0.5, 0.6) is 0 Å². The number of rotatable bonds is 5. The fourth-order valence-corrected chi connectivity index (χ4v) is 2.70. The van der Waals surface area contributed by atoms with Gasteiger partial charge < -0.3 is 15.7 Å². The third kappa shape index (κ3) is 2.85. The van der Waals surface area contributed by atoms with Gasteiger partial charge in [0, 0.05) is 25.3 Å². The molecule has 1 aliphatic rings. The molecule has 1 aromatic carbocycles. The summed E-state index contributed by atoms with van der Waals surface area (Å²) in [5.74, 6) is 0.621. The number of aliphatic hydroxyl groups is 1. The Kier molecular flexibility index (Phi) is 4.25. The van der Waals surface area contributed by atoms with E-state index in [0.29, 0.717) is 5.92 Å². The molecule has 1 fully saturated rings. The molecule has 3 nitrogen and oxygen atoms in total. The van der Waals surface area contributed by atoms with Crippen molar-refractivity contribution in [3.8, 4) is 0 Å². The predicted molar refractivity (Wildman–Crippen MR) is 75.7 cm³/mol. The van der Waals surface area contributed by atoms with Gasteiger partial charge in [0.1, 0.15) is 0 Å². The number of anilines is 1. The molecule has 1 aliphatic carbocycles. The normalized spacial score (nSPS) is 24.4. The Morgan fingerprint density at radius 2 is 2.06 bits per heavy atom. The van der Waals surface area contributed by atoms with E-state index in [1.165, 1.54) is 11.3 Å². The molecule has 0 heterocycles. The first-order chi connectivity index (χ1) is 8.61. The zero-order valence-electron chi connectivity index (χ0n) is 11.3. The van der Waals surface area contributed by atoms with Crippen molar-refractivity contribution in [2.75, 3.05) is 18.5 Å². The first-order valence-corrected chi connectivity index (χ1v) is 6.85. The summed E-state index contributed by atoms with van der Waals surface area (Å²) >= 11 is 0. The molecule has 100 valence electrons. The number of para-hydroxylation sites is 1. The largest absolute Gasteiger partial charge is 0.393 e. The van der Waals surface area contributed by atoms with Crippen LogP contribution in [0.15, 0.2) is 24.3 Å². The van der Waals surface area contributed by atoms with E-state index in [1.807, 2.05) is 0 Å². The molecule has 1 aromatic rings. The van der Waals surface area contributed by atoms with E-state index in [4.69, 9.17) is 5.73 Å². The van der Waals surface area contributed by atoms with E-state index in [-0.39, 0.29) is 12.1 Å². The molecule has 0 bridgehead atoms. The van der Waals surface area contributed by atoms with Gasteiger partial charge in [0.15, 0.2) is 0 Å². The van der Waals surface area contributed by atoms with Gasteiger partial charge in [-0.3, -0.25) is 0 Å². The van der Waals surface area contributed by atoms with Gasteiger partial charge in [-0.15, -0.1) is 0 Å². The van der Waals surface area contributed by atoms with Gasteiger partial charge in [0.05, 0.1) is 6.10 Å². The van der Waals surface area contributed by atoms with Gasteiger partial charge in [0.2, 0.25) is 0 Å². The number of aliphatic hydroxyl groups excluding tert-OH is 1. The summed E-state index contributed by atoms with van der Waals surface area (Å²) in [5.41, 5.74) is 8.62. The first kappa shape index (κ1) is 13.4. The molecule has 0 saturated heterocycles. The Labute approximate surface area is 110 Å². The van der Waals surface area contributed by atoms with E-state index in [2.05, 4.69) is 43.1 Å². The van der Waals surface area contributed by atoms with Crippen LogP contribution >= 0.6 is 0 Å². The molecule has 0 spiro atoms. The zero-order valence-corrected chi connectivity index (χ0v) is 11.3. The van der Waals surface area contributed by atoms with Gasteiger partial charge in [-0.2, -0.15) is 0 Å². The molecule has 1 atom stereocenters. The van der Waals surface area contributed by atoms with Gasteiger partial charge in [-0.25, -0.2) is 0 Å². The fourth-order valence-electron chi connectivity index (χ4n) is 2.70. The quantitative estimate of drug-likeness (QED) is 0.840. The monoisotopic (exact) mass is 248 g/mol. The highest BCUT2D eigenvalue weighted by molar-refractivity contribution is 5.54. The molecule has 1 unspecified atom stereocenters. The lowest BCUT2D eigenvalue weighted by atomic mass is 9.82. The third-order valence-electron chi connectivity index (χ3n) is 3.93. The third-order valence-corrected chi connectivity index (χ3v) is 3.93. The predicted octanol–water partition coefficient (Wildman–Crippen LogP) is 2.30. The highest BCUT2D eigenvalue weighted by Gasteiger charge is 2.28. The van der Waals surface area contributed by atoms with Crippen LogP contribution in [0.3, 0.4) is 0 Å². The number of nitrogens with two attached hydrogens (primary N) is 1. The summed E-state index contributed by atoms with van der Waals surface area (Å²) < 4.78 is 0. The van der Waals surface area contributed by atoms with Gasteiger partial charge in [-0.1, -0.05) is 25.1 Å². The fraction of sp³-hybridized carbons (Fsp3) is 0.600. The van der Waals surface area contributed by atoms with Crippen molar-refractivity contribution in [1.29, 1.82) is 0 Å². The van der Waals surface area contributed by atoms with Crippen molar-refractivity contribution in [2.24, 2.45) is 11.7 Å². The van der Waals surface area contributed by atoms with Gasteiger partial charge in [0.25, 0.3) is 0 Å². The standard InChI is InChI=1S/C15H24N2O/c1-3-14(16)13-6-4-5-7-15(13)17(2)10-11-8-12(18)9-11/h4-7,11-12,14,18H,3,8-10,16H2,1-2H3. The molecule has 1 saturated carbocycles. The topological polar surface area (TPSA) is 49.5 Å². The molecular weight excluding hydrogens is 224 g/mol. The van der Waals surface area contributed by atoms with E-state index in [9.17, 15) is 5.11 Å². The van der Waals surface area contributed by atoms with Crippen LogP contribution in [0.2, 0.25) is 0 Å². The van der Waals surface area contributed by atoms with Crippen LogP contribution in [0.4, 0.5) is 5.69 Å². The summed E-state index contributed by atoms with van der Waals surface area (Å²) in [6, 6.07) is 8.48.